The van der Waals surface area contributed by atoms with Crippen LogP contribution in [0.3, 0.4) is 0 Å². The summed E-state index contributed by atoms with van der Waals surface area (Å²) < 4.78 is 4.74. The third-order valence-electron chi connectivity index (χ3n) is 1.89. The van der Waals surface area contributed by atoms with E-state index in [9.17, 15) is 9.59 Å². The molecule has 0 unspecified atom stereocenters. The molecule has 1 aromatic rings. The minimum Gasteiger partial charge on any atom is -0.477 e. The minimum atomic E-state index is -1.07. The van der Waals surface area contributed by atoms with E-state index in [4.69, 9.17) is 9.84 Å². The number of hydrogen-bond acceptors (Lipinski definition) is 3. The summed E-state index contributed by atoms with van der Waals surface area (Å²) in [6.45, 7) is 3.74. The monoisotopic (exact) mass is 211 g/mol. The van der Waals surface area contributed by atoms with Crippen LogP contribution in [-0.2, 0) is 16.0 Å². The van der Waals surface area contributed by atoms with Crippen molar-refractivity contribution in [2.45, 2.75) is 20.3 Å². The van der Waals surface area contributed by atoms with Gasteiger partial charge in [0.2, 0.25) is 0 Å². The molecule has 0 aromatic carbocycles. The number of aromatic carboxylic acids is 1. The van der Waals surface area contributed by atoms with Crippen molar-refractivity contribution in [1.82, 2.24) is 4.98 Å². The maximum atomic E-state index is 11.2. The number of aromatic amines is 1. The zero-order valence-electron chi connectivity index (χ0n) is 8.66. The van der Waals surface area contributed by atoms with Gasteiger partial charge >= 0.3 is 11.9 Å². The number of nitrogens with one attached hydrogen (secondary N) is 1. The third-order valence-corrected chi connectivity index (χ3v) is 1.89. The second kappa shape index (κ2) is 4.63. The zero-order valence-corrected chi connectivity index (χ0v) is 8.66. The number of H-pyrrole nitrogens is 1. The predicted molar refractivity (Wildman–Crippen MR) is 52.8 cm³/mol. The standard InChI is InChI=1S/C10H13NO4/c1-3-15-8(12)5-7-4-6(2)11-9(7)10(13)14/h4,11H,3,5H2,1-2H3,(H,13,14). The van der Waals surface area contributed by atoms with Crippen molar-refractivity contribution >= 4 is 11.9 Å². The highest BCUT2D eigenvalue weighted by Gasteiger charge is 2.16. The first-order chi connectivity index (χ1) is 7.04. The van der Waals surface area contributed by atoms with Gasteiger partial charge in [0.25, 0.3) is 0 Å². The smallest absolute Gasteiger partial charge is 0.352 e. The highest BCUT2D eigenvalue weighted by atomic mass is 16.5. The number of aromatic nitrogens is 1. The van der Waals surface area contributed by atoms with E-state index in [2.05, 4.69) is 4.98 Å². The normalized spacial score (nSPS) is 10.0. The van der Waals surface area contributed by atoms with Crippen LogP contribution in [0.25, 0.3) is 0 Å². The van der Waals surface area contributed by atoms with Crippen molar-refractivity contribution in [3.8, 4) is 0 Å². The SMILES string of the molecule is CCOC(=O)Cc1cc(C)[nH]c1C(=O)O. The van der Waals surface area contributed by atoms with Gasteiger partial charge in [-0.25, -0.2) is 4.79 Å². The van der Waals surface area contributed by atoms with Crippen LogP contribution in [0, 0.1) is 6.92 Å². The summed E-state index contributed by atoms with van der Waals surface area (Å²) in [4.78, 5) is 24.6. The molecular weight excluding hydrogens is 198 g/mol. The molecule has 0 saturated heterocycles. The van der Waals surface area contributed by atoms with E-state index < -0.39 is 11.9 Å². The van der Waals surface area contributed by atoms with Gasteiger partial charge in [-0.3, -0.25) is 4.79 Å². The van der Waals surface area contributed by atoms with Gasteiger partial charge in [0.15, 0.2) is 0 Å². The maximum Gasteiger partial charge on any atom is 0.352 e. The lowest BCUT2D eigenvalue weighted by Crippen LogP contribution is -2.10. The summed E-state index contributed by atoms with van der Waals surface area (Å²) in [5.41, 5.74) is 1.23. The Morgan fingerprint density at radius 2 is 2.20 bits per heavy atom. The van der Waals surface area contributed by atoms with Crippen LogP contribution >= 0.6 is 0 Å². The molecule has 0 amide bonds. The fourth-order valence-corrected chi connectivity index (χ4v) is 1.34. The van der Waals surface area contributed by atoms with Crippen LogP contribution in [-0.4, -0.2) is 28.6 Å². The number of carboxylic acid groups (broad SMARTS) is 1. The van der Waals surface area contributed by atoms with Gasteiger partial charge in [0, 0.05) is 5.69 Å². The first-order valence-electron chi connectivity index (χ1n) is 4.62. The molecule has 0 aliphatic carbocycles. The number of ether oxygens (including phenoxy) is 1. The van der Waals surface area contributed by atoms with Crippen molar-refractivity contribution in [1.29, 1.82) is 0 Å². The van der Waals surface area contributed by atoms with E-state index in [1.165, 1.54) is 0 Å². The number of carboxylic acids is 1. The highest BCUT2D eigenvalue weighted by molar-refractivity contribution is 5.89. The molecular formula is C10H13NO4. The Bertz CT molecular complexity index is 381. The fraction of sp³-hybridized carbons (Fsp3) is 0.400. The van der Waals surface area contributed by atoms with E-state index in [0.717, 1.165) is 0 Å². The quantitative estimate of drug-likeness (QED) is 0.731. The van der Waals surface area contributed by atoms with Gasteiger partial charge < -0.3 is 14.8 Å². The minimum absolute atomic E-state index is 0.0141. The zero-order chi connectivity index (χ0) is 11.4. The summed E-state index contributed by atoms with van der Waals surface area (Å²) in [5.74, 6) is -1.48. The van der Waals surface area contributed by atoms with Gasteiger partial charge in [-0.1, -0.05) is 0 Å². The molecule has 0 spiro atoms. The summed E-state index contributed by atoms with van der Waals surface area (Å²) in [7, 11) is 0. The van der Waals surface area contributed by atoms with Crippen LogP contribution in [0.5, 0.6) is 0 Å². The lowest BCUT2D eigenvalue weighted by molar-refractivity contribution is -0.142. The van der Waals surface area contributed by atoms with E-state index in [1.54, 1.807) is 19.9 Å². The largest absolute Gasteiger partial charge is 0.477 e. The van der Waals surface area contributed by atoms with Crippen molar-refractivity contribution in [3.05, 3.63) is 23.0 Å². The molecule has 0 atom stereocenters. The predicted octanol–water partition coefficient (Wildman–Crippen LogP) is 1.13. The fourth-order valence-electron chi connectivity index (χ4n) is 1.34. The first kappa shape index (κ1) is 11.3. The second-order valence-electron chi connectivity index (χ2n) is 3.14. The topological polar surface area (TPSA) is 79.4 Å². The van der Waals surface area contributed by atoms with Gasteiger partial charge in [0.1, 0.15) is 5.69 Å². The molecule has 1 heterocycles. The highest BCUT2D eigenvalue weighted by Crippen LogP contribution is 2.12. The van der Waals surface area contributed by atoms with E-state index in [-0.39, 0.29) is 12.1 Å². The molecule has 1 aromatic heterocycles. The van der Waals surface area contributed by atoms with Crippen molar-refractivity contribution in [2.24, 2.45) is 0 Å². The lowest BCUT2D eigenvalue weighted by atomic mass is 10.1. The van der Waals surface area contributed by atoms with Gasteiger partial charge in [-0.05, 0) is 25.5 Å². The van der Waals surface area contributed by atoms with E-state index in [0.29, 0.717) is 17.9 Å². The Balaban J connectivity index is 2.84. The summed E-state index contributed by atoms with van der Waals surface area (Å²) in [5, 5.41) is 8.84. The Labute approximate surface area is 87.1 Å². The summed E-state index contributed by atoms with van der Waals surface area (Å²) >= 11 is 0. The average molecular weight is 211 g/mol. The number of aryl methyl sites for hydroxylation is 1. The molecule has 0 radical (unpaired) electrons. The van der Waals surface area contributed by atoms with Crippen molar-refractivity contribution in [2.75, 3.05) is 6.61 Å². The van der Waals surface area contributed by atoms with Gasteiger partial charge in [0.05, 0.1) is 13.0 Å². The maximum absolute atomic E-state index is 11.2. The molecule has 2 N–H and O–H groups in total. The molecule has 5 nitrogen and oxygen atoms in total. The number of rotatable bonds is 4. The molecule has 0 aliphatic rings. The van der Waals surface area contributed by atoms with Crippen LogP contribution in [0.4, 0.5) is 0 Å². The van der Waals surface area contributed by atoms with Crippen molar-refractivity contribution in [3.63, 3.8) is 0 Å². The van der Waals surface area contributed by atoms with E-state index in [1.807, 2.05) is 0 Å². The van der Waals surface area contributed by atoms with Crippen LogP contribution in [0.2, 0.25) is 0 Å². The van der Waals surface area contributed by atoms with E-state index >= 15 is 0 Å². The van der Waals surface area contributed by atoms with Crippen LogP contribution < -0.4 is 0 Å². The molecule has 5 heteroatoms. The molecule has 15 heavy (non-hydrogen) atoms. The van der Waals surface area contributed by atoms with Gasteiger partial charge in [-0.2, -0.15) is 0 Å². The first-order valence-corrected chi connectivity index (χ1v) is 4.62. The summed E-state index contributed by atoms with van der Waals surface area (Å²) in [6, 6.07) is 1.64. The summed E-state index contributed by atoms with van der Waals surface area (Å²) in [6.07, 6.45) is -0.0141. The number of carbonyl (C=O) groups is 2. The molecule has 0 saturated carbocycles. The number of carbonyl (C=O) groups excluding carboxylic acids is 1. The molecule has 0 fully saturated rings. The second-order valence-corrected chi connectivity index (χ2v) is 3.14. The number of esters is 1. The number of hydrogen-bond donors (Lipinski definition) is 2. The molecule has 1 rings (SSSR count). The van der Waals surface area contributed by atoms with Crippen LogP contribution in [0.15, 0.2) is 6.07 Å². The Kier molecular flexibility index (Phi) is 3.49. The van der Waals surface area contributed by atoms with Crippen LogP contribution in [0.1, 0.15) is 28.7 Å². The lowest BCUT2D eigenvalue weighted by Gasteiger charge is -2.00. The third kappa shape index (κ3) is 2.83. The van der Waals surface area contributed by atoms with Crippen molar-refractivity contribution < 1.29 is 19.4 Å². The molecule has 82 valence electrons. The Hall–Kier alpha value is -1.78. The molecule has 0 bridgehead atoms. The Morgan fingerprint density at radius 3 is 2.73 bits per heavy atom. The van der Waals surface area contributed by atoms with Gasteiger partial charge in [-0.15, -0.1) is 0 Å². The average Bonchev–Trinajstić information content (AvgIpc) is 2.47. The molecule has 0 aliphatic heterocycles. The Morgan fingerprint density at radius 1 is 1.53 bits per heavy atom.